The second-order valence-electron chi connectivity index (χ2n) is 11.4. The molecule has 0 saturated carbocycles. The number of aromatic nitrogens is 3. The van der Waals surface area contributed by atoms with Gasteiger partial charge in [0.05, 0.1) is 50.7 Å². The molecule has 0 aliphatic carbocycles. The average molecular weight is 679 g/mol. The Morgan fingerprint density at radius 1 is 1.06 bits per heavy atom. The Balaban J connectivity index is 1.52. The van der Waals surface area contributed by atoms with E-state index in [1.165, 1.54) is 35.3 Å². The zero-order valence-corrected chi connectivity index (χ0v) is 27.1. The summed E-state index contributed by atoms with van der Waals surface area (Å²) in [6, 6.07) is 12.9. The number of hydroxylamine groups is 1. The Morgan fingerprint density at radius 2 is 1.79 bits per heavy atom. The largest absolute Gasteiger partial charge is 0.477 e. The molecule has 48 heavy (non-hydrogen) atoms. The molecule has 1 aliphatic heterocycles. The maximum absolute atomic E-state index is 15.0. The minimum Gasteiger partial charge on any atom is -0.477 e. The van der Waals surface area contributed by atoms with Crippen LogP contribution in [0.15, 0.2) is 70.4 Å². The summed E-state index contributed by atoms with van der Waals surface area (Å²) in [5.74, 6) is -1.05. The molecule has 0 unspecified atom stereocenters. The third-order valence-electron chi connectivity index (χ3n) is 7.68. The quantitative estimate of drug-likeness (QED) is 0.197. The van der Waals surface area contributed by atoms with Crippen LogP contribution in [0.3, 0.4) is 0 Å². The van der Waals surface area contributed by atoms with Crippen LogP contribution in [0.4, 0.5) is 19.3 Å². The predicted molar refractivity (Wildman–Crippen MR) is 177 cm³/mol. The third-order valence-corrected chi connectivity index (χ3v) is 8.98. The highest BCUT2D eigenvalue weighted by atomic mass is 32.1. The number of thiophene rings is 1. The first-order valence-corrected chi connectivity index (χ1v) is 15.7. The number of fused-ring (bicyclic) bond motifs is 1. The number of pyridine rings is 1. The van der Waals surface area contributed by atoms with E-state index in [1.807, 2.05) is 19.0 Å². The van der Waals surface area contributed by atoms with E-state index in [4.69, 9.17) is 9.47 Å². The summed E-state index contributed by atoms with van der Waals surface area (Å²) < 4.78 is 43.0. The van der Waals surface area contributed by atoms with Gasteiger partial charge < -0.3 is 19.7 Å². The van der Waals surface area contributed by atoms with Crippen molar-refractivity contribution in [3.05, 3.63) is 104 Å². The summed E-state index contributed by atoms with van der Waals surface area (Å²) in [5.41, 5.74) is 2.45. The summed E-state index contributed by atoms with van der Waals surface area (Å²) in [5, 5.41) is 2.87. The summed E-state index contributed by atoms with van der Waals surface area (Å²) >= 11 is 1.17. The van der Waals surface area contributed by atoms with Crippen LogP contribution in [0.2, 0.25) is 0 Å². The molecule has 3 aromatic heterocycles. The van der Waals surface area contributed by atoms with E-state index in [-0.39, 0.29) is 27.4 Å². The Kier molecular flexibility index (Phi) is 9.63. The van der Waals surface area contributed by atoms with Crippen molar-refractivity contribution >= 4 is 33.3 Å². The van der Waals surface area contributed by atoms with Crippen LogP contribution >= 0.6 is 11.3 Å². The minimum absolute atomic E-state index is 0.169. The van der Waals surface area contributed by atoms with Gasteiger partial charge in [-0.3, -0.25) is 14.2 Å². The van der Waals surface area contributed by atoms with Gasteiger partial charge in [0.2, 0.25) is 5.88 Å². The number of anilines is 1. The van der Waals surface area contributed by atoms with E-state index in [0.717, 1.165) is 16.7 Å². The lowest BCUT2D eigenvalue weighted by Crippen LogP contribution is -2.39. The van der Waals surface area contributed by atoms with Crippen LogP contribution < -0.4 is 26.8 Å². The molecule has 2 N–H and O–H groups in total. The number of benzene rings is 2. The molecule has 0 atom stereocenters. The number of nitrogens with zero attached hydrogens (tertiary/aromatic N) is 4. The maximum Gasteiger partial charge on any atom is 0.343 e. The van der Waals surface area contributed by atoms with E-state index in [9.17, 15) is 23.2 Å². The SMILES string of the molecule is CONC(=O)Nc1ccc(-c2sc3c(c2CN(C)C)c(=O)n(-c2ccc(OCC4COC4)nc2)c(=O)n3Cc2c(F)cccc2F)cc1. The van der Waals surface area contributed by atoms with Crippen LogP contribution in [0.25, 0.3) is 26.3 Å². The van der Waals surface area contributed by atoms with Gasteiger partial charge in [-0.05, 0) is 55.6 Å². The molecule has 0 spiro atoms. The molecular weight excluding hydrogens is 646 g/mol. The van der Waals surface area contributed by atoms with E-state index < -0.39 is 35.5 Å². The number of rotatable bonds is 11. The van der Waals surface area contributed by atoms with Crippen LogP contribution in [0.1, 0.15) is 11.1 Å². The number of hydrogen-bond donors (Lipinski definition) is 2. The van der Waals surface area contributed by atoms with Crippen LogP contribution in [0, 0.1) is 17.6 Å². The van der Waals surface area contributed by atoms with Gasteiger partial charge in [0, 0.05) is 34.7 Å². The van der Waals surface area contributed by atoms with E-state index >= 15 is 0 Å². The second-order valence-corrected chi connectivity index (χ2v) is 12.4. The summed E-state index contributed by atoms with van der Waals surface area (Å²) in [7, 11) is 5.00. The first-order valence-electron chi connectivity index (χ1n) is 14.9. The molecule has 5 aromatic rings. The van der Waals surface area contributed by atoms with Gasteiger partial charge in [-0.2, -0.15) is 0 Å². The molecule has 4 heterocycles. The fraction of sp³-hybridized carbons (Fsp3) is 0.273. The number of carbonyl (C=O) groups excluding carboxylic acids is 1. The van der Waals surface area contributed by atoms with Gasteiger partial charge in [-0.15, -0.1) is 11.3 Å². The standard InChI is InChI=1S/C33H32F2N6O6S/c1-39(2)14-24-28-30(42)41(22-11-12-27(36-13-22)47-18-19-16-46-17-19)33(44)40(15-23-25(34)5-4-6-26(23)35)31(28)48-29(24)20-7-9-21(10-8-20)37-32(43)38-45-3/h4-13,19H,14-18H2,1-3H3,(H2,37,38,43). The normalized spacial score (nSPS) is 13.1. The molecule has 6 rings (SSSR count). The Labute approximate surface area is 277 Å². The zero-order chi connectivity index (χ0) is 33.9. The number of halogens is 2. The molecule has 0 bridgehead atoms. The van der Waals surface area contributed by atoms with Crippen LogP contribution in [-0.4, -0.2) is 66.1 Å². The molecule has 1 aliphatic rings. The number of amides is 2. The second kappa shape index (κ2) is 14.0. The molecular formula is C33H32F2N6O6S. The number of hydrogen-bond acceptors (Lipinski definition) is 9. The summed E-state index contributed by atoms with van der Waals surface area (Å²) in [6.07, 6.45) is 1.36. The highest BCUT2D eigenvalue weighted by Crippen LogP contribution is 2.38. The van der Waals surface area contributed by atoms with Crippen molar-refractivity contribution < 1.29 is 27.9 Å². The van der Waals surface area contributed by atoms with E-state index in [0.29, 0.717) is 53.9 Å². The fourth-order valence-electron chi connectivity index (χ4n) is 5.31. The highest BCUT2D eigenvalue weighted by molar-refractivity contribution is 7.22. The van der Waals surface area contributed by atoms with Gasteiger partial charge in [-0.1, -0.05) is 18.2 Å². The van der Waals surface area contributed by atoms with Crippen LogP contribution in [-0.2, 0) is 22.7 Å². The van der Waals surface area contributed by atoms with Gasteiger partial charge in [0.25, 0.3) is 5.56 Å². The van der Waals surface area contributed by atoms with E-state index in [2.05, 4.69) is 20.6 Å². The molecule has 15 heteroatoms. The van der Waals surface area contributed by atoms with Crippen molar-refractivity contribution in [1.82, 2.24) is 24.5 Å². The molecule has 250 valence electrons. The minimum atomic E-state index is -0.821. The lowest BCUT2D eigenvalue weighted by molar-refractivity contribution is -0.0514. The summed E-state index contributed by atoms with van der Waals surface area (Å²) in [6.45, 7) is 1.48. The van der Waals surface area contributed by atoms with E-state index in [1.54, 1.807) is 36.4 Å². The maximum atomic E-state index is 15.0. The van der Waals surface area contributed by atoms with Crippen molar-refractivity contribution in [2.75, 3.05) is 46.3 Å². The predicted octanol–water partition coefficient (Wildman–Crippen LogP) is 4.37. The van der Waals surface area contributed by atoms with Gasteiger partial charge in [-0.25, -0.2) is 33.4 Å². The van der Waals surface area contributed by atoms with Crippen LogP contribution in [0.5, 0.6) is 5.88 Å². The number of carbonyl (C=O) groups is 1. The monoisotopic (exact) mass is 678 g/mol. The summed E-state index contributed by atoms with van der Waals surface area (Å²) in [4.78, 5) is 52.2. The van der Waals surface area contributed by atoms with Gasteiger partial charge in [0.15, 0.2) is 0 Å². The van der Waals surface area contributed by atoms with Crippen molar-refractivity contribution in [1.29, 1.82) is 0 Å². The van der Waals surface area contributed by atoms with Crippen molar-refractivity contribution in [2.24, 2.45) is 5.92 Å². The number of urea groups is 1. The number of ether oxygens (including phenoxy) is 2. The topological polar surface area (TPSA) is 129 Å². The van der Waals surface area contributed by atoms with Gasteiger partial charge in [0.1, 0.15) is 16.5 Å². The molecule has 2 aromatic carbocycles. The smallest absolute Gasteiger partial charge is 0.343 e. The average Bonchev–Trinajstić information content (AvgIpc) is 3.39. The Hall–Kier alpha value is -4.96. The molecule has 12 nitrogen and oxygen atoms in total. The van der Waals surface area contributed by atoms with Crippen molar-refractivity contribution in [3.8, 4) is 22.0 Å². The Bertz CT molecular complexity index is 2050. The molecule has 2 amide bonds. The zero-order valence-electron chi connectivity index (χ0n) is 26.3. The highest BCUT2D eigenvalue weighted by Gasteiger charge is 2.26. The van der Waals surface area contributed by atoms with Crippen molar-refractivity contribution in [2.45, 2.75) is 13.1 Å². The number of nitrogens with one attached hydrogen (secondary N) is 2. The third kappa shape index (κ3) is 6.71. The first kappa shape index (κ1) is 33.0. The first-order chi connectivity index (χ1) is 23.1. The lowest BCUT2D eigenvalue weighted by Gasteiger charge is -2.25. The molecule has 1 saturated heterocycles. The van der Waals surface area contributed by atoms with Gasteiger partial charge >= 0.3 is 11.7 Å². The lowest BCUT2D eigenvalue weighted by atomic mass is 10.1. The Morgan fingerprint density at radius 3 is 2.40 bits per heavy atom. The fourth-order valence-corrected chi connectivity index (χ4v) is 6.61. The molecule has 0 radical (unpaired) electrons. The molecule has 1 fully saturated rings. The van der Waals surface area contributed by atoms with Crippen molar-refractivity contribution in [3.63, 3.8) is 0 Å².